The average Bonchev–Trinajstić information content (AvgIpc) is 4.04. The molecule has 2 N–H and O–H groups in total. The number of aromatic nitrogens is 3. The van der Waals surface area contributed by atoms with Gasteiger partial charge in [-0.2, -0.15) is 0 Å². The van der Waals surface area contributed by atoms with Gasteiger partial charge in [-0.25, -0.2) is 14.7 Å². The second kappa shape index (κ2) is 21.5. The highest BCUT2D eigenvalue weighted by molar-refractivity contribution is 8.35. The van der Waals surface area contributed by atoms with Crippen LogP contribution in [0.15, 0.2) is 60.7 Å². The molecule has 2 aliphatic heterocycles. The number of imide groups is 1. The van der Waals surface area contributed by atoms with Crippen LogP contribution >= 0.6 is 10.0 Å². The van der Waals surface area contributed by atoms with Gasteiger partial charge < -0.3 is 20.3 Å². The van der Waals surface area contributed by atoms with Crippen molar-refractivity contribution in [1.29, 1.82) is 0 Å². The first-order valence-electron chi connectivity index (χ1n) is 26.0. The lowest BCUT2D eigenvalue weighted by atomic mass is 9.85. The number of amides is 5. The van der Waals surface area contributed by atoms with Gasteiger partial charge in [0.25, 0.3) is 0 Å². The standard InChI is InChI=1S/C56H81N7O6S/c1-35(2)63-52-40-19-14-13-18-39(40)34-62(45-22-16-15-20-44(45)51(52)59-60-63)48(66)26-30-57-46(64)25-28-56(11,12)69-32-29-55(9,10)58-47(65)27-31-61-53(67)49-42-23-24-43(50(49)54(61)68)41(42)21-17-33-70(36(3)4,37(5)6)38(7)8/h13-16,18-20,22-24,35-38,41-43,49-50H,17,21,25-34H2,1-12H3,(H,57,64)(H,58,65). The first kappa shape index (κ1) is 53.0. The fraction of sp³-hybridized carbons (Fsp3) is 0.625. The van der Waals surface area contributed by atoms with Crippen molar-refractivity contribution in [2.24, 2.45) is 29.6 Å². The summed E-state index contributed by atoms with van der Waals surface area (Å²) in [5.41, 5.74) is 4.01. The highest BCUT2D eigenvalue weighted by atomic mass is 32.3. The maximum atomic E-state index is 14.0. The minimum absolute atomic E-state index is 0.0482. The maximum absolute atomic E-state index is 14.0. The van der Waals surface area contributed by atoms with Gasteiger partial charge >= 0.3 is 0 Å². The average molecular weight is 980 g/mol. The smallest absolute Gasteiger partial charge is 0.233 e. The molecular formula is C56H81N7O6S. The third-order valence-corrected chi connectivity index (χ3v) is 22.2. The normalized spacial score (nSPS) is 21.1. The predicted molar refractivity (Wildman–Crippen MR) is 281 cm³/mol. The van der Waals surface area contributed by atoms with Crippen LogP contribution in [0.4, 0.5) is 5.69 Å². The number of para-hydroxylation sites is 1. The summed E-state index contributed by atoms with van der Waals surface area (Å²) < 4.78 is 8.19. The molecule has 0 radical (unpaired) electrons. The lowest BCUT2D eigenvalue weighted by Crippen LogP contribution is -2.46. The highest BCUT2D eigenvalue weighted by Crippen LogP contribution is 2.62. The van der Waals surface area contributed by atoms with Gasteiger partial charge in [0.1, 0.15) is 5.69 Å². The summed E-state index contributed by atoms with van der Waals surface area (Å²) in [4.78, 5) is 71.1. The predicted octanol–water partition coefficient (Wildman–Crippen LogP) is 9.64. The monoisotopic (exact) mass is 980 g/mol. The molecule has 0 spiro atoms. The van der Waals surface area contributed by atoms with Crippen LogP contribution in [-0.4, -0.2) is 102 Å². The van der Waals surface area contributed by atoms with E-state index >= 15 is 0 Å². The molecule has 3 aromatic rings. The summed E-state index contributed by atoms with van der Waals surface area (Å²) in [6, 6.07) is 15.9. The van der Waals surface area contributed by atoms with E-state index < -0.39 is 21.2 Å². The van der Waals surface area contributed by atoms with Gasteiger partial charge in [0.05, 0.1) is 35.4 Å². The van der Waals surface area contributed by atoms with E-state index in [9.17, 15) is 24.0 Å². The van der Waals surface area contributed by atoms with Crippen LogP contribution in [-0.2, 0) is 35.3 Å². The molecule has 2 aromatic carbocycles. The summed E-state index contributed by atoms with van der Waals surface area (Å²) in [5.74, 6) is 0.467. The Morgan fingerprint density at radius 2 is 1.40 bits per heavy atom. The molecular weight excluding hydrogens is 899 g/mol. The molecule has 382 valence electrons. The van der Waals surface area contributed by atoms with Crippen molar-refractivity contribution in [1.82, 2.24) is 30.5 Å². The SMILES string of the molecule is CC(C)n1nnc2c1-c1ccccc1CN(C(=O)CCNC(=O)CCC(C)(C)OCCC(C)(C)NC(=O)CCN1C(=O)C3C4C=CC(C4CCCS(C(C)C)(C(C)C)C(C)C)C3C1=O)c1ccccc1-2. The highest BCUT2D eigenvalue weighted by Gasteiger charge is 2.63. The summed E-state index contributed by atoms with van der Waals surface area (Å²) in [5, 5.41) is 17.1. The molecule has 13 nitrogen and oxygen atoms in total. The van der Waals surface area contributed by atoms with Crippen LogP contribution in [0.3, 0.4) is 0 Å². The Bertz CT molecular complexity index is 2380. The number of allylic oxidation sites excluding steroid dienone is 2. The lowest BCUT2D eigenvalue weighted by molar-refractivity contribution is -0.141. The van der Waals surface area contributed by atoms with E-state index in [0.717, 1.165) is 46.6 Å². The Hall–Kier alpha value is -4.82. The number of hydrogen-bond donors (Lipinski definition) is 2. The van der Waals surface area contributed by atoms with Gasteiger partial charge in [-0.15, -0.1) is 5.10 Å². The van der Waals surface area contributed by atoms with Crippen molar-refractivity contribution in [2.75, 3.05) is 30.3 Å². The van der Waals surface area contributed by atoms with Crippen molar-refractivity contribution in [3.8, 4) is 22.5 Å². The van der Waals surface area contributed by atoms with E-state index in [-0.39, 0.29) is 91.6 Å². The number of fused-ring (bicyclic) bond motifs is 10. The van der Waals surface area contributed by atoms with E-state index in [0.29, 0.717) is 47.7 Å². The number of nitrogens with zero attached hydrogens (tertiary/aromatic N) is 5. The number of likely N-dealkylation sites (tertiary alicyclic amines) is 1. The molecule has 1 saturated carbocycles. The summed E-state index contributed by atoms with van der Waals surface area (Å²) >= 11 is 0. The maximum Gasteiger partial charge on any atom is 0.233 e. The Labute approximate surface area is 419 Å². The Morgan fingerprint density at radius 3 is 2.03 bits per heavy atom. The quantitative estimate of drug-likeness (QED) is 0.0745. The number of nitrogens with one attached hydrogen (secondary N) is 2. The largest absolute Gasteiger partial charge is 0.375 e. The minimum atomic E-state index is -0.806. The Kier molecular flexibility index (Phi) is 16.3. The third kappa shape index (κ3) is 10.8. The van der Waals surface area contributed by atoms with Crippen LogP contribution in [0, 0.1) is 29.6 Å². The van der Waals surface area contributed by atoms with Gasteiger partial charge in [0.2, 0.25) is 29.5 Å². The first-order valence-corrected chi connectivity index (χ1v) is 28.0. The Morgan fingerprint density at radius 1 is 0.786 bits per heavy atom. The van der Waals surface area contributed by atoms with E-state index in [1.807, 2.05) is 74.8 Å². The first-order chi connectivity index (χ1) is 33.1. The summed E-state index contributed by atoms with van der Waals surface area (Å²) in [7, 11) is -0.806. The molecule has 4 unspecified atom stereocenters. The lowest BCUT2D eigenvalue weighted by Gasteiger charge is -2.52. The molecule has 70 heavy (non-hydrogen) atoms. The molecule has 1 saturated heterocycles. The van der Waals surface area contributed by atoms with Crippen molar-refractivity contribution >= 4 is 45.3 Å². The molecule has 2 fully saturated rings. The zero-order chi connectivity index (χ0) is 50.9. The number of carbonyl (C=O) groups is 5. The van der Waals surface area contributed by atoms with Crippen molar-refractivity contribution in [3.63, 3.8) is 0 Å². The molecule has 2 bridgehead atoms. The molecule has 7 rings (SSSR count). The number of carbonyl (C=O) groups excluding carboxylic acids is 5. The van der Waals surface area contributed by atoms with Crippen LogP contribution in [0.2, 0.25) is 0 Å². The van der Waals surface area contributed by atoms with Gasteiger partial charge in [-0.05, 0) is 118 Å². The van der Waals surface area contributed by atoms with Crippen molar-refractivity contribution in [2.45, 2.75) is 168 Å². The van der Waals surface area contributed by atoms with E-state index in [1.165, 1.54) is 10.7 Å². The molecule has 1 aromatic heterocycles. The van der Waals surface area contributed by atoms with Crippen LogP contribution < -0.4 is 15.5 Å². The van der Waals surface area contributed by atoms with E-state index in [4.69, 9.17) is 4.74 Å². The van der Waals surface area contributed by atoms with Gasteiger partial charge in [-0.1, -0.05) is 101 Å². The second-order valence-electron chi connectivity index (χ2n) is 22.6. The number of ether oxygens (including phenoxy) is 1. The second-order valence-corrected chi connectivity index (χ2v) is 27.7. The molecule has 4 atom stereocenters. The Balaban J connectivity index is 0.824. The zero-order valence-corrected chi connectivity index (χ0v) is 44.9. The number of rotatable bonds is 22. The number of anilines is 1. The van der Waals surface area contributed by atoms with Crippen LogP contribution in [0.25, 0.3) is 22.5 Å². The molecule has 3 heterocycles. The molecule has 5 amide bonds. The summed E-state index contributed by atoms with van der Waals surface area (Å²) in [6.07, 6.45) is 7.96. The molecule has 2 aliphatic carbocycles. The van der Waals surface area contributed by atoms with E-state index in [1.54, 1.807) is 4.90 Å². The third-order valence-electron chi connectivity index (χ3n) is 15.9. The van der Waals surface area contributed by atoms with Crippen molar-refractivity contribution < 1.29 is 28.7 Å². The minimum Gasteiger partial charge on any atom is -0.375 e. The van der Waals surface area contributed by atoms with Gasteiger partial charge in [0, 0.05) is 61.7 Å². The summed E-state index contributed by atoms with van der Waals surface area (Å²) in [6.45, 7) is 27.2. The van der Waals surface area contributed by atoms with Crippen LogP contribution in [0.1, 0.15) is 140 Å². The topological polar surface area (TPSA) is 156 Å². The van der Waals surface area contributed by atoms with E-state index in [2.05, 4.69) is 94.6 Å². The van der Waals surface area contributed by atoms with Crippen LogP contribution in [0.5, 0.6) is 0 Å². The number of hydrogen-bond acceptors (Lipinski definition) is 8. The van der Waals surface area contributed by atoms with Gasteiger partial charge in [-0.3, -0.25) is 28.9 Å². The molecule has 4 aliphatic rings. The zero-order valence-electron chi connectivity index (χ0n) is 44.0. The fourth-order valence-corrected chi connectivity index (χ4v) is 17.7. The van der Waals surface area contributed by atoms with Gasteiger partial charge in [0.15, 0.2) is 0 Å². The number of benzene rings is 2. The molecule has 14 heteroatoms. The van der Waals surface area contributed by atoms with Crippen molar-refractivity contribution in [3.05, 3.63) is 66.2 Å². The fourth-order valence-electron chi connectivity index (χ4n) is 12.3.